The molecule has 1 aromatic carbocycles. The Hall–Kier alpha value is -1.74. The van der Waals surface area contributed by atoms with Crippen molar-refractivity contribution in [1.82, 2.24) is 8.96 Å². The third-order valence-corrected chi connectivity index (χ3v) is 9.66. The minimum Gasteiger partial charge on any atom is -0.291 e. The maximum absolute atomic E-state index is 4.41. The summed E-state index contributed by atoms with van der Waals surface area (Å²) < 4.78 is 2.40. The number of hydrogen-bond acceptors (Lipinski definition) is 1. The molecular weight excluding hydrogens is 336 g/mol. The number of nitrogens with zero attached hydrogens (tertiary/aromatic N) is 2. The van der Waals surface area contributed by atoms with Crippen molar-refractivity contribution in [3.63, 3.8) is 0 Å². The standard InChI is InChI=1S/C23H30N2S/c1-19(2)23(21-11-7-4-8-12-21)26(25-15-14-24-18-25)16-13-22(17-26)20-9-5-3-6-10-20/h4,7-8,11-20,23H,3,5-6,9-10H2,1-2H3. The maximum Gasteiger partial charge on any atom is 0.104 e. The Balaban J connectivity index is 1.80. The first kappa shape index (κ1) is 17.7. The SMILES string of the molecule is CC(C)C(c1ccccc1)S1(n2ccnc2)C=CC(C2CCCCC2)=C1. The lowest BCUT2D eigenvalue weighted by atomic mass is 9.84. The second-order valence-electron chi connectivity index (χ2n) is 7.98. The average molecular weight is 367 g/mol. The molecule has 1 aliphatic heterocycles. The zero-order valence-electron chi connectivity index (χ0n) is 15.9. The fourth-order valence-corrected chi connectivity index (χ4v) is 8.64. The predicted octanol–water partition coefficient (Wildman–Crippen LogP) is 6.84. The maximum atomic E-state index is 4.41. The van der Waals surface area contributed by atoms with Crippen molar-refractivity contribution < 1.29 is 0 Å². The summed E-state index contributed by atoms with van der Waals surface area (Å²) in [5.41, 5.74) is 3.02. The van der Waals surface area contributed by atoms with Gasteiger partial charge in [-0.05, 0) is 46.6 Å². The van der Waals surface area contributed by atoms with Gasteiger partial charge in [-0.3, -0.25) is 3.97 Å². The molecule has 2 aliphatic rings. The Bertz CT molecular complexity index is 770. The number of aromatic nitrogens is 2. The van der Waals surface area contributed by atoms with Crippen LogP contribution < -0.4 is 0 Å². The molecule has 0 spiro atoms. The van der Waals surface area contributed by atoms with Gasteiger partial charge in [-0.25, -0.2) is 4.98 Å². The van der Waals surface area contributed by atoms with Crippen LogP contribution in [-0.4, -0.2) is 8.96 Å². The molecule has 26 heavy (non-hydrogen) atoms. The first-order valence-corrected chi connectivity index (χ1v) is 11.7. The van der Waals surface area contributed by atoms with E-state index < -0.39 is 10.2 Å². The van der Waals surface area contributed by atoms with Gasteiger partial charge in [-0.15, -0.1) is 10.2 Å². The molecule has 1 aliphatic carbocycles. The van der Waals surface area contributed by atoms with Gasteiger partial charge in [-0.1, -0.05) is 69.5 Å². The van der Waals surface area contributed by atoms with Crippen molar-refractivity contribution in [2.45, 2.75) is 51.2 Å². The highest BCUT2D eigenvalue weighted by molar-refractivity contribution is 8.37. The van der Waals surface area contributed by atoms with Gasteiger partial charge in [-0.2, -0.15) is 0 Å². The third kappa shape index (κ3) is 3.18. The molecule has 0 radical (unpaired) electrons. The summed E-state index contributed by atoms with van der Waals surface area (Å²) in [7, 11) is -1.28. The summed E-state index contributed by atoms with van der Waals surface area (Å²) in [4.78, 5) is 4.41. The van der Waals surface area contributed by atoms with Gasteiger partial charge in [0.1, 0.15) is 6.33 Å². The van der Waals surface area contributed by atoms with E-state index in [1.54, 1.807) is 5.57 Å². The third-order valence-electron chi connectivity index (χ3n) is 5.87. The smallest absolute Gasteiger partial charge is 0.104 e. The van der Waals surface area contributed by atoms with Crippen LogP contribution in [0.4, 0.5) is 0 Å². The minimum atomic E-state index is -1.28. The largest absolute Gasteiger partial charge is 0.291 e. The Kier molecular flexibility index (Phi) is 5.08. The van der Waals surface area contributed by atoms with Crippen LogP contribution in [0, 0.1) is 11.8 Å². The molecule has 1 aromatic heterocycles. The van der Waals surface area contributed by atoms with Gasteiger partial charge in [0, 0.05) is 17.6 Å². The Labute approximate surface area is 159 Å². The van der Waals surface area contributed by atoms with E-state index in [4.69, 9.17) is 0 Å². The summed E-state index contributed by atoms with van der Waals surface area (Å²) in [6.07, 6.45) is 15.5. The normalized spacial score (nSPS) is 27.3. The average Bonchev–Trinajstić information content (AvgIpc) is 3.34. The van der Waals surface area contributed by atoms with E-state index >= 15 is 0 Å². The van der Waals surface area contributed by atoms with E-state index in [1.807, 2.05) is 12.5 Å². The minimum absolute atomic E-state index is 0.468. The number of allylic oxidation sites excluding steroid dienone is 2. The van der Waals surface area contributed by atoms with Crippen LogP contribution in [0.25, 0.3) is 0 Å². The highest BCUT2D eigenvalue weighted by atomic mass is 32.3. The molecule has 2 unspecified atom stereocenters. The zero-order chi connectivity index (χ0) is 18.0. The quantitative estimate of drug-likeness (QED) is 0.566. The van der Waals surface area contributed by atoms with Crippen LogP contribution in [0.15, 0.2) is 71.5 Å². The molecule has 2 nitrogen and oxygen atoms in total. The van der Waals surface area contributed by atoms with Crippen molar-refractivity contribution in [3.8, 4) is 0 Å². The molecule has 2 aromatic rings. The topological polar surface area (TPSA) is 17.8 Å². The van der Waals surface area contributed by atoms with Crippen LogP contribution in [0.1, 0.15) is 56.8 Å². The molecule has 3 heteroatoms. The second-order valence-corrected chi connectivity index (χ2v) is 10.9. The van der Waals surface area contributed by atoms with Crippen LogP contribution in [0.3, 0.4) is 0 Å². The van der Waals surface area contributed by atoms with Gasteiger partial charge >= 0.3 is 0 Å². The summed E-state index contributed by atoms with van der Waals surface area (Å²) in [6, 6.07) is 11.1. The van der Waals surface area contributed by atoms with E-state index in [2.05, 4.69) is 76.2 Å². The molecule has 138 valence electrons. The zero-order valence-corrected chi connectivity index (χ0v) is 16.7. The van der Waals surface area contributed by atoms with Crippen LogP contribution in [-0.2, 0) is 0 Å². The molecular formula is C23H30N2S. The summed E-state index contributed by atoms with van der Waals surface area (Å²) in [5.74, 6) is 1.31. The monoisotopic (exact) mass is 366 g/mol. The lowest BCUT2D eigenvalue weighted by Gasteiger charge is -2.44. The Morgan fingerprint density at radius 1 is 1.08 bits per heavy atom. The highest BCUT2D eigenvalue weighted by Gasteiger charge is 2.38. The van der Waals surface area contributed by atoms with Gasteiger partial charge in [0.25, 0.3) is 0 Å². The molecule has 1 saturated carbocycles. The molecule has 0 amide bonds. The highest BCUT2D eigenvalue weighted by Crippen LogP contribution is 2.69. The van der Waals surface area contributed by atoms with Crippen molar-refractivity contribution >= 4 is 10.2 Å². The van der Waals surface area contributed by atoms with Crippen molar-refractivity contribution in [2.24, 2.45) is 11.8 Å². The Morgan fingerprint density at radius 3 is 2.50 bits per heavy atom. The number of hydrogen-bond donors (Lipinski definition) is 0. The van der Waals surface area contributed by atoms with E-state index in [0.29, 0.717) is 11.2 Å². The predicted molar refractivity (Wildman–Crippen MR) is 113 cm³/mol. The van der Waals surface area contributed by atoms with Gasteiger partial charge in [0.2, 0.25) is 0 Å². The lowest BCUT2D eigenvalue weighted by molar-refractivity contribution is 0.409. The molecule has 0 bridgehead atoms. The number of imidazole rings is 1. The van der Waals surface area contributed by atoms with Crippen molar-refractivity contribution in [2.75, 3.05) is 0 Å². The second kappa shape index (κ2) is 7.48. The fourth-order valence-electron chi connectivity index (χ4n) is 4.69. The van der Waals surface area contributed by atoms with E-state index in [-0.39, 0.29) is 0 Å². The van der Waals surface area contributed by atoms with E-state index in [9.17, 15) is 0 Å². The van der Waals surface area contributed by atoms with Crippen molar-refractivity contribution in [3.05, 3.63) is 77.1 Å². The Morgan fingerprint density at radius 2 is 1.85 bits per heavy atom. The summed E-state index contributed by atoms with van der Waals surface area (Å²) >= 11 is 0. The van der Waals surface area contributed by atoms with Crippen molar-refractivity contribution in [1.29, 1.82) is 0 Å². The summed E-state index contributed by atoms with van der Waals surface area (Å²) in [5, 5.41) is 5.63. The van der Waals surface area contributed by atoms with Crippen LogP contribution in [0.2, 0.25) is 0 Å². The first-order valence-electron chi connectivity index (χ1n) is 9.96. The van der Waals surface area contributed by atoms with Gasteiger partial charge in [0.05, 0.1) is 0 Å². The van der Waals surface area contributed by atoms with Crippen LogP contribution >= 0.6 is 10.2 Å². The van der Waals surface area contributed by atoms with Gasteiger partial charge in [0.15, 0.2) is 0 Å². The number of rotatable bonds is 5. The van der Waals surface area contributed by atoms with Gasteiger partial charge < -0.3 is 0 Å². The molecule has 2 atom stereocenters. The molecule has 4 rings (SSSR count). The lowest BCUT2D eigenvalue weighted by Crippen LogP contribution is -2.18. The molecule has 0 saturated heterocycles. The summed E-state index contributed by atoms with van der Waals surface area (Å²) in [6.45, 7) is 4.73. The fraction of sp³-hybridized carbons (Fsp3) is 0.435. The molecule has 1 fully saturated rings. The van der Waals surface area contributed by atoms with E-state index in [0.717, 1.165) is 5.92 Å². The van der Waals surface area contributed by atoms with Crippen LogP contribution in [0.5, 0.6) is 0 Å². The van der Waals surface area contributed by atoms with E-state index in [1.165, 1.54) is 37.7 Å². The number of benzene rings is 1. The molecule has 0 N–H and O–H groups in total. The molecule has 2 heterocycles. The first-order chi connectivity index (χ1) is 12.7.